The number of nitrogens with zero attached hydrogens (tertiary/aromatic N) is 1. The molecule has 0 aliphatic carbocycles. The fourth-order valence-corrected chi connectivity index (χ4v) is 4.68. The molecule has 0 aromatic heterocycles. The van der Waals surface area contributed by atoms with Gasteiger partial charge in [-0.15, -0.1) is 0 Å². The Hall–Kier alpha value is -2.63. The lowest BCUT2D eigenvalue weighted by Gasteiger charge is -2.16. The van der Waals surface area contributed by atoms with E-state index in [1.807, 2.05) is 0 Å². The normalized spacial score (nSPS) is 14.9. The maximum Gasteiger partial charge on any atom is 0.261 e. The number of methoxy groups -OCH3 is 1. The number of primary sulfonamides is 1. The van der Waals surface area contributed by atoms with E-state index in [9.17, 15) is 21.6 Å². The first-order valence-corrected chi connectivity index (χ1v) is 11.3. The van der Waals surface area contributed by atoms with Crippen LogP contribution in [0.15, 0.2) is 52.3 Å². The molecule has 1 aliphatic heterocycles. The van der Waals surface area contributed by atoms with E-state index in [0.717, 1.165) is 12.5 Å². The molecule has 1 fully saturated rings. The number of carbonyl (C=O) groups excluding carboxylic acids is 1. The largest absolute Gasteiger partial charge is 0.495 e. The fourth-order valence-electron chi connectivity index (χ4n) is 2.90. The quantitative estimate of drug-likeness (QED) is 0.715. The Kier molecular flexibility index (Phi) is 5.33. The highest BCUT2D eigenvalue weighted by atomic mass is 32.2. The summed E-state index contributed by atoms with van der Waals surface area (Å²) in [5, 5.41) is 5.15. The van der Waals surface area contributed by atoms with E-state index in [-0.39, 0.29) is 27.1 Å². The second-order valence-corrected chi connectivity index (χ2v) is 9.37. The predicted octanol–water partition coefficient (Wildman–Crippen LogP) is 1.27. The average molecular weight is 425 g/mol. The molecule has 2 aromatic rings. The standard InChI is InChI=1S/C17H19N3O6S2/c1-26-15-9-4-12(11-16(15)27(18,22)23)19-28(24,25)14-7-5-13(6-8-14)20-10-2-3-17(20)21/h4-9,11,19H,2-3,10H2,1H3,(H2,18,22,23). The van der Waals surface area contributed by atoms with E-state index in [2.05, 4.69) is 4.72 Å². The Morgan fingerprint density at radius 3 is 2.29 bits per heavy atom. The van der Waals surface area contributed by atoms with E-state index in [1.54, 1.807) is 17.0 Å². The van der Waals surface area contributed by atoms with Crippen LogP contribution >= 0.6 is 0 Å². The summed E-state index contributed by atoms with van der Waals surface area (Å²) in [7, 11) is -6.81. The minimum absolute atomic E-state index is 0.00230. The third-order valence-corrected chi connectivity index (χ3v) is 6.58. The summed E-state index contributed by atoms with van der Waals surface area (Å²) in [4.78, 5) is 13.0. The summed E-state index contributed by atoms with van der Waals surface area (Å²) in [6, 6.07) is 9.63. The average Bonchev–Trinajstić information content (AvgIpc) is 3.07. The minimum atomic E-state index is -4.11. The molecule has 11 heteroatoms. The van der Waals surface area contributed by atoms with E-state index < -0.39 is 20.0 Å². The van der Waals surface area contributed by atoms with Crippen molar-refractivity contribution in [3.8, 4) is 5.75 Å². The van der Waals surface area contributed by atoms with Crippen molar-refractivity contribution in [2.75, 3.05) is 23.3 Å². The van der Waals surface area contributed by atoms with Gasteiger partial charge in [-0.2, -0.15) is 0 Å². The lowest BCUT2D eigenvalue weighted by molar-refractivity contribution is -0.117. The Labute approximate surface area is 163 Å². The van der Waals surface area contributed by atoms with Crippen molar-refractivity contribution in [2.45, 2.75) is 22.6 Å². The van der Waals surface area contributed by atoms with Crippen molar-refractivity contribution in [3.63, 3.8) is 0 Å². The molecular weight excluding hydrogens is 406 g/mol. The molecule has 1 heterocycles. The second kappa shape index (κ2) is 7.41. The molecule has 1 saturated heterocycles. The maximum absolute atomic E-state index is 12.6. The van der Waals surface area contributed by atoms with Crippen LogP contribution in [0, 0.1) is 0 Å². The van der Waals surface area contributed by atoms with Crippen LogP contribution in [0.5, 0.6) is 5.75 Å². The van der Waals surface area contributed by atoms with Gasteiger partial charge in [-0.3, -0.25) is 9.52 Å². The third-order valence-electron chi connectivity index (χ3n) is 4.25. The third kappa shape index (κ3) is 4.11. The molecule has 0 radical (unpaired) electrons. The number of carbonyl (C=O) groups is 1. The molecule has 0 saturated carbocycles. The van der Waals surface area contributed by atoms with E-state index in [4.69, 9.17) is 9.88 Å². The molecule has 1 amide bonds. The first kappa shape index (κ1) is 20.1. The second-order valence-electron chi connectivity index (χ2n) is 6.16. The Morgan fingerprint density at radius 1 is 1.07 bits per heavy atom. The van der Waals surface area contributed by atoms with Crippen molar-refractivity contribution >= 4 is 37.3 Å². The van der Waals surface area contributed by atoms with Gasteiger partial charge in [-0.05, 0) is 48.9 Å². The molecule has 0 spiro atoms. The lowest BCUT2D eigenvalue weighted by atomic mass is 10.3. The fraction of sp³-hybridized carbons (Fsp3) is 0.235. The molecule has 0 bridgehead atoms. The molecule has 9 nitrogen and oxygen atoms in total. The zero-order valence-electron chi connectivity index (χ0n) is 15.0. The van der Waals surface area contributed by atoms with Crippen molar-refractivity contribution in [1.29, 1.82) is 0 Å². The smallest absolute Gasteiger partial charge is 0.261 e. The first-order chi connectivity index (χ1) is 13.1. The van der Waals surface area contributed by atoms with Crippen LogP contribution in [0.25, 0.3) is 0 Å². The van der Waals surface area contributed by atoms with Gasteiger partial charge >= 0.3 is 0 Å². The van der Waals surface area contributed by atoms with Crippen LogP contribution in [0.2, 0.25) is 0 Å². The molecule has 2 aromatic carbocycles. The summed E-state index contributed by atoms with van der Waals surface area (Å²) in [5.74, 6) is 0.00701. The number of hydrogen-bond donors (Lipinski definition) is 2. The topological polar surface area (TPSA) is 136 Å². The number of amides is 1. The highest BCUT2D eigenvalue weighted by molar-refractivity contribution is 7.92. The number of rotatable bonds is 6. The number of ether oxygens (including phenoxy) is 1. The summed E-state index contributed by atoms with van der Waals surface area (Å²) >= 11 is 0. The zero-order chi connectivity index (χ0) is 20.5. The van der Waals surface area contributed by atoms with Crippen LogP contribution < -0.4 is 19.5 Å². The minimum Gasteiger partial charge on any atom is -0.495 e. The summed E-state index contributed by atoms with van der Waals surface area (Å²) < 4.78 is 55.8. The van der Waals surface area contributed by atoms with Gasteiger partial charge in [-0.25, -0.2) is 22.0 Å². The molecule has 1 aliphatic rings. The first-order valence-electron chi connectivity index (χ1n) is 8.26. The highest BCUT2D eigenvalue weighted by Gasteiger charge is 2.23. The molecule has 150 valence electrons. The number of sulfonamides is 2. The van der Waals surface area contributed by atoms with E-state index in [1.165, 1.54) is 31.4 Å². The summed E-state index contributed by atoms with van der Waals surface area (Å²) in [5.41, 5.74) is 0.644. The van der Waals surface area contributed by atoms with Gasteiger partial charge in [0, 0.05) is 18.7 Å². The van der Waals surface area contributed by atoms with Crippen LogP contribution in [0.1, 0.15) is 12.8 Å². The predicted molar refractivity (Wildman–Crippen MR) is 103 cm³/mol. The number of nitrogens with two attached hydrogens (primary N) is 1. The van der Waals surface area contributed by atoms with Crippen LogP contribution in [0.4, 0.5) is 11.4 Å². The van der Waals surface area contributed by atoms with Crippen molar-refractivity contribution in [2.24, 2.45) is 5.14 Å². The number of nitrogens with one attached hydrogen (secondary N) is 1. The molecular formula is C17H19N3O6S2. The Bertz CT molecular complexity index is 1110. The molecule has 0 unspecified atom stereocenters. The van der Waals surface area contributed by atoms with Crippen LogP contribution in [-0.4, -0.2) is 36.4 Å². The molecule has 28 heavy (non-hydrogen) atoms. The van der Waals surface area contributed by atoms with Crippen molar-refractivity contribution < 1.29 is 26.4 Å². The van der Waals surface area contributed by atoms with Gasteiger partial charge in [0.1, 0.15) is 10.6 Å². The van der Waals surface area contributed by atoms with Gasteiger partial charge < -0.3 is 9.64 Å². The van der Waals surface area contributed by atoms with Crippen LogP contribution in [-0.2, 0) is 24.8 Å². The number of hydrogen-bond acceptors (Lipinski definition) is 6. The highest BCUT2D eigenvalue weighted by Crippen LogP contribution is 2.28. The Balaban J connectivity index is 1.87. The van der Waals surface area contributed by atoms with Crippen LogP contribution in [0.3, 0.4) is 0 Å². The lowest BCUT2D eigenvalue weighted by Crippen LogP contribution is -2.23. The van der Waals surface area contributed by atoms with Crippen molar-refractivity contribution in [3.05, 3.63) is 42.5 Å². The summed E-state index contributed by atoms with van der Waals surface area (Å²) in [6.07, 6.45) is 1.25. The Morgan fingerprint density at radius 2 is 1.75 bits per heavy atom. The van der Waals surface area contributed by atoms with Gasteiger partial charge in [0.2, 0.25) is 15.9 Å². The number of anilines is 2. The van der Waals surface area contributed by atoms with Gasteiger partial charge in [0.15, 0.2) is 0 Å². The SMILES string of the molecule is COc1ccc(NS(=O)(=O)c2ccc(N3CCCC3=O)cc2)cc1S(N)(=O)=O. The van der Waals surface area contributed by atoms with Gasteiger partial charge in [0.25, 0.3) is 10.0 Å². The zero-order valence-corrected chi connectivity index (χ0v) is 16.6. The van der Waals surface area contributed by atoms with E-state index >= 15 is 0 Å². The van der Waals surface area contributed by atoms with Crippen molar-refractivity contribution in [1.82, 2.24) is 0 Å². The van der Waals surface area contributed by atoms with Gasteiger partial charge in [0.05, 0.1) is 17.7 Å². The molecule has 3 rings (SSSR count). The summed E-state index contributed by atoms with van der Waals surface area (Å²) in [6.45, 7) is 0.603. The molecule has 0 atom stereocenters. The number of benzene rings is 2. The maximum atomic E-state index is 12.6. The molecule has 3 N–H and O–H groups in total. The van der Waals surface area contributed by atoms with Gasteiger partial charge in [-0.1, -0.05) is 0 Å². The van der Waals surface area contributed by atoms with E-state index in [0.29, 0.717) is 18.7 Å². The monoisotopic (exact) mass is 425 g/mol.